The third kappa shape index (κ3) is 3.91. The number of carbonyl (C=O) groups excluding carboxylic acids is 1. The number of benzene rings is 1. The smallest absolute Gasteiger partial charge is 0.266 e. The van der Waals surface area contributed by atoms with Crippen molar-refractivity contribution in [3.05, 3.63) is 64.6 Å². The van der Waals surface area contributed by atoms with Crippen LogP contribution in [0.3, 0.4) is 0 Å². The van der Waals surface area contributed by atoms with Gasteiger partial charge in [-0.25, -0.2) is 9.97 Å². The van der Waals surface area contributed by atoms with Crippen LogP contribution in [0.5, 0.6) is 0 Å². The lowest BCUT2D eigenvalue weighted by molar-refractivity contribution is 0.103. The van der Waals surface area contributed by atoms with Gasteiger partial charge in [0.25, 0.3) is 5.91 Å². The molecule has 35 heavy (non-hydrogen) atoms. The molecule has 5 heterocycles. The fourth-order valence-electron chi connectivity index (χ4n) is 4.69. The van der Waals surface area contributed by atoms with E-state index in [1.165, 1.54) is 17.8 Å². The van der Waals surface area contributed by atoms with E-state index in [0.717, 1.165) is 70.2 Å². The van der Waals surface area contributed by atoms with Crippen LogP contribution in [0.1, 0.15) is 46.0 Å². The number of anilines is 1. The number of aryl methyl sites for hydroxylation is 3. The monoisotopic (exact) mass is 484 g/mol. The second-order valence-electron chi connectivity index (χ2n) is 8.78. The first kappa shape index (κ1) is 21.7. The lowest BCUT2D eigenvalue weighted by Crippen LogP contribution is -2.11. The number of rotatable bonds is 4. The molecule has 176 valence electrons. The van der Waals surface area contributed by atoms with Crippen molar-refractivity contribution in [2.45, 2.75) is 46.1 Å². The second kappa shape index (κ2) is 8.74. The van der Waals surface area contributed by atoms with Gasteiger partial charge in [0.05, 0.1) is 16.8 Å². The molecular weight excluding hydrogens is 460 g/mol. The molecular formula is C26H24N6O2S. The first-order chi connectivity index (χ1) is 17.1. The average Bonchev–Trinajstić information content (AvgIpc) is 3.56. The van der Waals surface area contributed by atoms with E-state index >= 15 is 0 Å². The van der Waals surface area contributed by atoms with E-state index < -0.39 is 0 Å². The zero-order valence-corrected chi connectivity index (χ0v) is 20.4. The van der Waals surface area contributed by atoms with Crippen LogP contribution in [-0.2, 0) is 13.0 Å². The molecule has 8 nitrogen and oxygen atoms in total. The Balaban J connectivity index is 1.30. The fraction of sp³-hybridized carbons (Fsp3) is 0.269. The highest BCUT2D eigenvalue weighted by Crippen LogP contribution is 2.34. The van der Waals surface area contributed by atoms with Crippen molar-refractivity contribution in [1.82, 2.24) is 24.7 Å². The van der Waals surface area contributed by atoms with E-state index in [9.17, 15) is 4.79 Å². The summed E-state index contributed by atoms with van der Waals surface area (Å²) in [6.45, 7) is 4.80. The van der Waals surface area contributed by atoms with Gasteiger partial charge in [0.2, 0.25) is 0 Å². The maximum absolute atomic E-state index is 13.3. The molecule has 0 radical (unpaired) electrons. The highest BCUT2D eigenvalue weighted by Gasteiger charge is 2.21. The van der Waals surface area contributed by atoms with E-state index in [-0.39, 0.29) is 5.91 Å². The molecule has 6 rings (SSSR count). The molecule has 1 aliphatic heterocycles. The number of hydrogen-bond donors (Lipinski definition) is 1. The Hall–Kier alpha value is -3.85. The van der Waals surface area contributed by atoms with E-state index in [1.807, 2.05) is 50.2 Å². The predicted octanol–water partition coefficient (Wildman–Crippen LogP) is 5.81. The summed E-state index contributed by atoms with van der Waals surface area (Å²) in [5.41, 5.74) is 3.37. The highest BCUT2D eigenvalue weighted by molar-refractivity contribution is 7.20. The molecule has 4 aromatic heterocycles. The maximum atomic E-state index is 13.3. The number of hydrogen-bond acceptors (Lipinski definition) is 7. The van der Waals surface area contributed by atoms with Crippen LogP contribution >= 0.6 is 11.3 Å². The van der Waals surface area contributed by atoms with Crippen molar-refractivity contribution >= 4 is 33.1 Å². The van der Waals surface area contributed by atoms with Gasteiger partial charge in [-0.3, -0.25) is 4.79 Å². The molecule has 1 N–H and O–H groups in total. The molecule has 5 aromatic rings. The number of thiophene rings is 1. The minimum absolute atomic E-state index is 0.165. The molecule has 0 saturated carbocycles. The lowest BCUT2D eigenvalue weighted by atomic mass is 10.1. The normalized spacial score (nSPS) is 13.5. The van der Waals surface area contributed by atoms with Crippen LogP contribution < -0.4 is 5.32 Å². The van der Waals surface area contributed by atoms with Gasteiger partial charge in [0.15, 0.2) is 17.4 Å². The number of amides is 1. The molecule has 0 unspecified atom stereocenters. The molecule has 9 heteroatoms. The third-order valence-electron chi connectivity index (χ3n) is 6.41. The van der Waals surface area contributed by atoms with Crippen LogP contribution in [0, 0.1) is 13.8 Å². The zero-order valence-electron chi connectivity index (χ0n) is 19.5. The lowest BCUT2D eigenvalue weighted by Gasteiger charge is -2.09. The average molecular weight is 485 g/mol. The second-order valence-corrected chi connectivity index (χ2v) is 9.78. The minimum Gasteiger partial charge on any atom is -0.461 e. The van der Waals surface area contributed by atoms with Crippen molar-refractivity contribution in [2.24, 2.45) is 0 Å². The Morgan fingerprint density at radius 1 is 1.09 bits per heavy atom. The van der Waals surface area contributed by atoms with E-state index in [4.69, 9.17) is 4.42 Å². The maximum Gasteiger partial charge on any atom is 0.266 e. The van der Waals surface area contributed by atoms with Gasteiger partial charge >= 0.3 is 0 Å². The van der Waals surface area contributed by atoms with Crippen LogP contribution in [0.4, 0.5) is 5.69 Å². The highest BCUT2D eigenvalue weighted by atomic mass is 32.1. The SMILES string of the molecule is Cc1nc(-c2ccco2)nc2sc(C(=O)Nc3cccc(-c4nnc5n4CCCCC5)c3)c(C)c12. The first-order valence-electron chi connectivity index (χ1n) is 11.7. The summed E-state index contributed by atoms with van der Waals surface area (Å²) in [4.78, 5) is 24.0. The Morgan fingerprint density at radius 3 is 2.86 bits per heavy atom. The number of carbonyl (C=O) groups is 1. The van der Waals surface area contributed by atoms with Gasteiger partial charge in [-0.2, -0.15) is 0 Å². The third-order valence-corrected chi connectivity index (χ3v) is 7.59. The molecule has 0 aliphatic carbocycles. The quantitative estimate of drug-likeness (QED) is 0.346. The van der Waals surface area contributed by atoms with Crippen molar-refractivity contribution in [3.63, 3.8) is 0 Å². The topological polar surface area (TPSA) is 98.7 Å². The van der Waals surface area contributed by atoms with Gasteiger partial charge in [-0.05, 0) is 56.5 Å². The minimum atomic E-state index is -0.165. The van der Waals surface area contributed by atoms with Crippen LogP contribution in [0.25, 0.3) is 33.2 Å². The molecule has 1 amide bonds. The van der Waals surface area contributed by atoms with Crippen LogP contribution in [0.15, 0.2) is 47.1 Å². The molecule has 1 aliphatic rings. The Kier molecular flexibility index (Phi) is 5.41. The summed E-state index contributed by atoms with van der Waals surface area (Å²) in [6, 6.07) is 11.4. The van der Waals surface area contributed by atoms with Gasteiger partial charge in [-0.15, -0.1) is 21.5 Å². The van der Waals surface area contributed by atoms with Crippen molar-refractivity contribution in [1.29, 1.82) is 0 Å². The predicted molar refractivity (Wildman–Crippen MR) is 136 cm³/mol. The summed E-state index contributed by atoms with van der Waals surface area (Å²) in [5.74, 6) is 2.86. The van der Waals surface area contributed by atoms with Crippen molar-refractivity contribution < 1.29 is 9.21 Å². The Labute approximate surface area is 206 Å². The number of nitrogens with zero attached hydrogens (tertiary/aromatic N) is 5. The van der Waals surface area contributed by atoms with E-state index in [1.54, 1.807) is 6.26 Å². The van der Waals surface area contributed by atoms with Gasteiger partial charge in [0, 0.05) is 29.6 Å². The zero-order chi connectivity index (χ0) is 23.9. The summed E-state index contributed by atoms with van der Waals surface area (Å²) in [5, 5.41) is 12.8. The molecule has 0 bridgehead atoms. The molecule has 0 spiro atoms. The number of furan rings is 1. The molecule has 0 saturated heterocycles. The van der Waals surface area contributed by atoms with Gasteiger partial charge in [-0.1, -0.05) is 18.6 Å². The first-order valence-corrected chi connectivity index (χ1v) is 12.6. The van der Waals surface area contributed by atoms with Crippen LogP contribution in [-0.4, -0.2) is 30.6 Å². The van der Waals surface area contributed by atoms with E-state index in [2.05, 4.69) is 30.0 Å². The number of aromatic nitrogens is 5. The standard InChI is InChI=1S/C26H24N6O2S/c1-15-21-16(2)27-23(19-10-7-13-34-19)29-26(21)35-22(15)25(33)28-18-9-6-8-17(14-18)24-31-30-20-11-4-3-5-12-32(20)24/h6-10,13-14H,3-5,11-12H2,1-2H3,(H,28,33). The summed E-state index contributed by atoms with van der Waals surface area (Å²) >= 11 is 1.37. The van der Waals surface area contributed by atoms with E-state index in [0.29, 0.717) is 16.5 Å². The summed E-state index contributed by atoms with van der Waals surface area (Å²) < 4.78 is 7.67. The van der Waals surface area contributed by atoms with Crippen LogP contribution in [0.2, 0.25) is 0 Å². The summed E-state index contributed by atoms with van der Waals surface area (Å²) in [6.07, 6.45) is 6.04. The van der Waals surface area contributed by atoms with Gasteiger partial charge < -0.3 is 14.3 Å². The molecule has 0 atom stereocenters. The molecule has 0 fully saturated rings. The summed E-state index contributed by atoms with van der Waals surface area (Å²) in [7, 11) is 0. The fourth-order valence-corrected chi connectivity index (χ4v) is 5.82. The molecule has 1 aromatic carbocycles. The van der Waals surface area contributed by atoms with Crippen molar-refractivity contribution in [2.75, 3.05) is 5.32 Å². The number of fused-ring (bicyclic) bond motifs is 2. The Morgan fingerprint density at radius 2 is 2.00 bits per heavy atom. The van der Waals surface area contributed by atoms with Gasteiger partial charge in [0.1, 0.15) is 10.7 Å². The van der Waals surface area contributed by atoms with Crippen molar-refractivity contribution in [3.8, 4) is 23.0 Å². The largest absolute Gasteiger partial charge is 0.461 e. The number of nitrogens with one attached hydrogen (secondary N) is 1. The Bertz CT molecular complexity index is 1550.